The summed E-state index contributed by atoms with van der Waals surface area (Å²) in [4.78, 5) is 4.98. The summed E-state index contributed by atoms with van der Waals surface area (Å²) >= 11 is 0. The number of hydrogen-bond donors (Lipinski definition) is 1. The third-order valence-corrected chi connectivity index (χ3v) is 1.33. The summed E-state index contributed by atoms with van der Waals surface area (Å²) in [7, 11) is 1.71. The van der Waals surface area contributed by atoms with Crippen LogP contribution in [0.15, 0.2) is 0 Å². The largest absolute Gasteiger partial charge is 0.314 e. The van der Waals surface area contributed by atoms with E-state index in [4.69, 9.17) is 4.84 Å². The Morgan fingerprint density at radius 2 is 1.89 bits per heavy atom. The molecular formula is C5H14N2OS. The maximum atomic E-state index is 4.98. The summed E-state index contributed by atoms with van der Waals surface area (Å²) in [6.07, 6.45) is 0. The first-order valence-corrected chi connectivity index (χ1v) is 2.93. The van der Waals surface area contributed by atoms with Crippen molar-refractivity contribution in [3.63, 3.8) is 0 Å². The minimum absolute atomic E-state index is 0. The zero-order chi connectivity index (χ0) is 5.82. The molecule has 9 heavy (non-hydrogen) atoms. The van der Waals surface area contributed by atoms with Crippen LogP contribution < -0.4 is 5.32 Å². The second kappa shape index (κ2) is 5.05. The van der Waals surface area contributed by atoms with Crippen molar-refractivity contribution in [3.05, 3.63) is 0 Å². The lowest BCUT2D eigenvalue weighted by Crippen LogP contribution is -2.42. The number of nitrogens with one attached hydrogen (secondary N) is 1. The lowest BCUT2D eigenvalue weighted by atomic mass is 10.4. The van der Waals surface area contributed by atoms with Gasteiger partial charge < -0.3 is 10.2 Å². The Morgan fingerprint density at radius 3 is 2.22 bits per heavy atom. The highest BCUT2D eigenvalue weighted by Crippen LogP contribution is 1.88. The zero-order valence-electron chi connectivity index (χ0n) is 5.68. The molecule has 0 aromatic heterocycles. The van der Waals surface area contributed by atoms with Crippen LogP contribution in [0.4, 0.5) is 0 Å². The standard InChI is InChI=1S/C5H12N2O.H2S/c1-8-7-4-2-6-3-5-7;/h6H,2-5H2,1H3;1H2. The van der Waals surface area contributed by atoms with Crippen LogP contribution in [-0.2, 0) is 4.84 Å². The molecule has 0 aromatic carbocycles. The van der Waals surface area contributed by atoms with Crippen molar-refractivity contribution in [2.45, 2.75) is 0 Å². The lowest BCUT2D eigenvalue weighted by molar-refractivity contribution is -0.136. The third-order valence-electron chi connectivity index (χ3n) is 1.33. The highest BCUT2D eigenvalue weighted by Gasteiger charge is 2.06. The molecule has 0 amide bonds. The molecule has 1 aliphatic heterocycles. The molecule has 0 spiro atoms. The fourth-order valence-corrected chi connectivity index (χ4v) is 0.827. The van der Waals surface area contributed by atoms with Gasteiger partial charge in [-0.25, -0.2) is 0 Å². The molecule has 0 aliphatic carbocycles. The Balaban J connectivity index is 0.000000640. The molecule has 4 heteroatoms. The second-order valence-electron chi connectivity index (χ2n) is 1.86. The quantitative estimate of drug-likeness (QED) is 0.549. The Morgan fingerprint density at radius 1 is 1.33 bits per heavy atom. The molecule has 0 atom stereocenters. The fraction of sp³-hybridized carbons (Fsp3) is 1.00. The predicted octanol–water partition coefficient (Wildman–Crippen LogP) is -0.434. The van der Waals surface area contributed by atoms with Crippen LogP contribution in [0.3, 0.4) is 0 Å². The highest BCUT2D eigenvalue weighted by molar-refractivity contribution is 7.59. The zero-order valence-corrected chi connectivity index (χ0v) is 6.68. The van der Waals surface area contributed by atoms with E-state index in [1.807, 2.05) is 5.06 Å². The van der Waals surface area contributed by atoms with Gasteiger partial charge >= 0.3 is 0 Å². The van der Waals surface area contributed by atoms with Crippen molar-refractivity contribution in [1.82, 2.24) is 10.4 Å². The van der Waals surface area contributed by atoms with E-state index >= 15 is 0 Å². The minimum Gasteiger partial charge on any atom is -0.314 e. The van der Waals surface area contributed by atoms with E-state index in [0.717, 1.165) is 26.2 Å². The lowest BCUT2D eigenvalue weighted by Gasteiger charge is -2.24. The van der Waals surface area contributed by atoms with Gasteiger partial charge in [-0.05, 0) is 0 Å². The molecule has 3 nitrogen and oxygen atoms in total. The van der Waals surface area contributed by atoms with Crippen molar-refractivity contribution in [2.75, 3.05) is 33.3 Å². The average molecular weight is 150 g/mol. The second-order valence-corrected chi connectivity index (χ2v) is 1.86. The maximum Gasteiger partial charge on any atom is 0.0575 e. The molecule has 0 bridgehead atoms. The van der Waals surface area contributed by atoms with Gasteiger partial charge in [-0.1, -0.05) is 0 Å². The number of rotatable bonds is 1. The van der Waals surface area contributed by atoms with Crippen LogP contribution in [0, 0.1) is 0 Å². The predicted molar refractivity (Wildman–Crippen MR) is 41.8 cm³/mol. The summed E-state index contributed by atoms with van der Waals surface area (Å²) in [6, 6.07) is 0. The topological polar surface area (TPSA) is 24.5 Å². The summed E-state index contributed by atoms with van der Waals surface area (Å²) in [5, 5.41) is 5.18. The van der Waals surface area contributed by atoms with Crippen molar-refractivity contribution in [2.24, 2.45) is 0 Å². The Kier molecular flexibility index (Phi) is 5.18. The molecular weight excluding hydrogens is 136 g/mol. The molecule has 1 saturated heterocycles. The third kappa shape index (κ3) is 3.05. The summed E-state index contributed by atoms with van der Waals surface area (Å²) in [5.41, 5.74) is 0. The smallest absolute Gasteiger partial charge is 0.0575 e. The van der Waals surface area contributed by atoms with Crippen molar-refractivity contribution < 1.29 is 4.84 Å². The van der Waals surface area contributed by atoms with Gasteiger partial charge in [0.15, 0.2) is 0 Å². The first kappa shape index (κ1) is 9.23. The van der Waals surface area contributed by atoms with Gasteiger partial charge in [0.25, 0.3) is 0 Å². The summed E-state index contributed by atoms with van der Waals surface area (Å²) in [6.45, 7) is 4.12. The molecule has 1 N–H and O–H groups in total. The molecule has 0 aromatic rings. The van der Waals surface area contributed by atoms with E-state index in [0.29, 0.717) is 0 Å². The van der Waals surface area contributed by atoms with Crippen molar-refractivity contribution >= 4 is 13.5 Å². The van der Waals surface area contributed by atoms with Crippen molar-refractivity contribution in [3.8, 4) is 0 Å². The number of nitrogens with zero attached hydrogens (tertiary/aromatic N) is 1. The summed E-state index contributed by atoms with van der Waals surface area (Å²) < 4.78 is 0. The van der Waals surface area contributed by atoms with Crippen LogP contribution in [0.5, 0.6) is 0 Å². The van der Waals surface area contributed by atoms with E-state index < -0.39 is 0 Å². The van der Waals surface area contributed by atoms with Gasteiger partial charge in [0, 0.05) is 26.2 Å². The summed E-state index contributed by atoms with van der Waals surface area (Å²) in [5.74, 6) is 0. The van der Waals surface area contributed by atoms with Gasteiger partial charge in [0.2, 0.25) is 0 Å². The van der Waals surface area contributed by atoms with Crippen LogP contribution in [0.1, 0.15) is 0 Å². The molecule has 0 saturated carbocycles. The van der Waals surface area contributed by atoms with Gasteiger partial charge in [0.1, 0.15) is 0 Å². The number of hydrogen-bond acceptors (Lipinski definition) is 3. The number of hydroxylamine groups is 2. The first-order chi connectivity index (χ1) is 3.93. The van der Waals surface area contributed by atoms with Crippen LogP contribution >= 0.6 is 13.5 Å². The normalized spacial score (nSPS) is 21.0. The van der Waals surface area contributed by atoms with Crippen LogP contribution in [0.2, 0.25) is 0 Å². The van der Waals surface area contributed by atoms with E-state index in [9.17, 15) is 0 Å². The van der Waals surface area contributed by atoms with E-state index in [1.54, 1.807) is 7.11 Å². The molecule has 1 aliphatic rings. The molecule has 1 rings (SSSR count). The van der Waals surface area contributed by atoms with Crippen molar-refractivity contribution in [1.29, 1.82) is 0 Å². The van der Waals surface area contributed by atoms with E-state index in [2.05, 4.69) is 5.32 Å². The maximum absolute atomic E-state index is 4.98. The molecule has 1 fully saturated rings. The average Bonchev–Trinajstić information content (AvgIpc) is 1.90. The monoisotopic (exact) mass is 150 g/mol. The van der Waals surface area contributed by atoms with Gasteiger partial charge in [0.05, 0.1) is 7.11 Å². The van der Waals surface area contributed by atoms with Gasteiger partial charge in [-0.15, -0.1) is 0 Å². The van der Waals surface area contributed by atoms with Gasteiger partial charge in [-0.3, -0.25) is 0 Å². The van der Waals surface area contributed by atoms with E-state index in [-0.39, 0.29) is 13.5 Å². The SMILES string of the molecule is CON1CCNCC1.S. The fourth-order valence-electron chi connectivity index (χ4n) is 0.827. The molecule has 0 unspecified atom stereocenters. The Labute approximate surface area is 62.8 Å². The Hall–Kier alpha value is 0.230. The van der Waals surface area contributed by atoms with Crippen LogP contribution in [-0.4, -0.2) is 38.4 Å². The molecule has 56 valence electrons. The molecule has 0 radical (unpaired) electrons. The molecule has 1 heterocycles. The van der Waals surface area contributed by atoms with Gasteiger partial charge in [-0.2, -0.15) is 18.6 Å². The first-order valence-electron chi connectivity index (χ1n) is 2.93. The highest BCUT2D eigenvalue weighted by atomic mass is 32.1. The minimum atomic E-state index is 0. The Bertz CT molecular complexity index is 66.0. The van der Waals surface area contributed by atoms with E-state index in [1.165, 1.54) is 0 Å². The van der Waals surface area contributed by atoms with Crippen LogP contribution in [0.25, 0.3) is 0 Å². The number of piperazine rings is 1.